The third-order valence-corrected chi connectivity index (χ3v) is 4.37. The van der Waals surface area contributed by atoms with Crippen molar-refractivity contribution in [2.24, 2.45) is 0 Å². The first kappa shape index (κ1) is 16.6. The lowest BCUT2D eigenvalue weighted by Crippen LogP contribution is -2.60. The lowest BCUT2D eigenvalue weighted by atomic mass is 9.99. The summed E-state index contributed by atoms with van der Waals surface area (Å²) in [5.41, 5.74) is 0. The summed E-state index contributed by atoms with van der Waals surface area (Å²) >= 11 is 3.41. The van der Waals surface area contributed by atoms with E-state index in [1.165, 1.54) is 0 Å². The van der Waals surface area contributed by atoms with Crippen LogP contribution in [-0.2, 0) is 4.74 Å². The predicted octanol–water partition coefficient (Wildman–Crippen LogP) is 0.781. The number of aliphatic hydroxyl groups is 4. The van der Waals surface area contributed by atoms with E-state index in [1.807, 2.05) is 24.3 Å². The van der Waals surface area contributed by atoms with Crippen LogP contribution in [0.4, 0.5) is 0 Å². The summed E-state index contributed by atoms with van der Waals surface area (Å²) in [5, 5.41) is 40.6. The molecule has 2 aromatic rings. The molecule has 4 N–H and O–H groups in total. The second-order valence-corrected chi connectivity index (χ2v) is 6.38. The first-order valence-corrected chi connectivity index (χ1v) is 7.95. The highest BCUT2D eigenvalue weighted by Crippen LogP contribution is 2.28. The Labute approximate surface area is 141 Å². The van der Waals surface area contributed by atoms with E-state index in [1.54, 1.807) is 12.1 Å². The molecule has 0 unspecified atom stereocenters. The van der Waals surface area contributed by atoms with E-state index < -0.39 is 37.3 Å². The predicted molar refractivity (Wildman–Crippen MR) is 86.0 cm³/mol. The quantitative estimate of drug-likeness (QED) is 0.624. The van der Waals surface area contributed by atoms with Crippen molar-refractivity contribution in [3.05, 3.63) is 40.9 Å². The van der Waals surface area contributed by atoms with Crippen LogP contribution in [0.1, 0.15) is 0 Å². The Balaban J connectivity index is 1.81. The van der Waals surface area contributed by atoms with Crippen molar-refractivity contribution in [1.29, 1.82) is 0 Å². The normalized spacial score (nSPS) is 31.3. The molecule has 3 rings (SSSR count). The Morgan fingerprint density at radius 2 is 1.65 bits per heavy atom. The Morgan fingerprint density at radius 3 is 2.39 bits per heavy atom. The minimum absolute atomic E-state index is 0.448. The van der Waals surface area contributed by atoms with E-state index >= 15 is 0 Å². The van der Waals surface area contributed by atoms with Crippen molar-refractivity contribution in [3.63, 3.8) is 0 Å². The summed E-state index contributed by atoms with van der Waals surface area (Å²) in [7, 11) is 0. The van der Waals surface area contributed by atoms with Crippen molar-refractivity contribution in [2.45, 2.75) is 30.7 Å². The van der Waals surface area contributed by atoms with Gasteiger partial charge in [-0.3, -0.25) is 0 Å². The molecule has 2 aromatic carbocycles. The molecule has 1 aliphatic heterocycles. The molecule has 6 nitrogen and oxygen atoms in total. The number of rotatable bonds is 3. The van der Waals surface area contributed by atoms with Crippen molar-refractivity contribution < 1.29 is 29.9 Å². The summed E-state index contributed by atoms with van der Waals surface area (Å²) in [6, 6.07) is 11.1. The van der Waals surface area contributed by atoms with Crippen molar-refractivity contribution in [3.8, 4) is 5.75 Å². The van der Waals surface area contributed by atoms with E-state index in [4.69, 9.17) is 9.47 Å². The van der Waals surface area contributed by atoms with Gasteiger partial charge in [0.2, 0.25) is 6.29 Å². The van der Waals surface area contributed by atoms with Crippen molar-refractivity contribution in [1.82, 2.24) is 0 Å². The van der Waals surface area contributed by atoms with Crippen molar-refractivity contribution >= 4 is 26.7 Å². The first-order chi connectivity index (χ1) is 11.0. The zero-order valence-electron chi connectivity index (χ0n) is 12.0. The van der Waals surface area contributed by atoms with Gasteiger partial charge >= 0.3 is 0 Å². The van der Waals surface area contributed by atoms with Crippen LogP contribution in [0.2, 0.25) is 0 Å². The van der Waals surface area contributed by atoms with Gasteiger partial charge in [0.05, 0.1) is 6.61 Å². The highest BCUT2D eigenvalue weighted by Gasteiger charge is 2.44. The standard InChI is InChI=1S/C16H17BrO6/c17-10-3-1-9-6-11(4-2-8(9)5-10)22-16-15(21)14(20)13(19)12(7-18)23-16/h1-6,12-16,18-21H,7H2/t12-,13+,14+,15-,16-/m1/s1. The summed E-state index contributed by atoms with van der Waals surface area (Å²) in [6.45, 7) is -0.490. The van der Waals surface area contributed by atoms with Crippen LogP contribution in [-0.4, -0.2) is 57.7 Å². The molecule has 0 saturated carbocycles. The molecule has 23 heavy (non-hydrogen) atoms. The highest BCUT2D eigenvalue weighted by atomic mass is 79.9. The van der Waals surface area contributed by atoms with Gasteiger partial charge < -0.3 is 29.9 Å². The molecule has 1 aliphatic rings. The van der Waals surface area contributed by atoms with Crippen LogP contribution in [0, 0.1) is 0 Å². The number of hydrogen-bond acceptors (Lipinski definition) is 6. The SMILES string of the molecule is OC[C@H]1O[C@@H](Oc2ccc3cc(Br)ccc3c2)[C@H](O)[C@@H](O)[C@H]1O. The third kappa shape index (κ3) is 3.35. The molecule has 1 heterocycles. The Bertz CT molecular complexity index is 691. The average Bonchev–Trinajstić information content (AvgIpc) is 2.55. The average molecular weight is 385 g/mol. The fourth-order valence-electron chi connectivity index (χ4n) is 2.57. The zero-order valence-corrected chi connectivity index (χ0v) is 13.6. The van der Waals surface area contributed by atoms with E-state index in [0.29, 0.717) is 5.75 Å². The Hall–Kier alpha value is -1.22. The zero-order chi connectivity index (χ0) is 16.6. The lowest BCUT2D eigenvalue weighted by molar-refractivity contribution is -0.277. The maximum absolute atomic E-state index is 9.98. The summed E-state index contributed by atoms with van der Waals surface area (Å²) < 4.78 is 11.9. The van der Waals surface area contributed by atoms with Gasteiger partial charge in [0.15, 0.2) is 0 Å². The third-order valence-electron chi connectivity index (χ3n) is 3.87. The van der Waals surface area contributed by atoms with Gasteiger partial charge in [-0.15, -0.1) is 0 Å². The first-order valence-electron chi connectivity index (χ1n) is 7.16. The van der Waals surface area contributed by atoms with Gasteiger partial charge in [0.25, 0.3) is 0 Å². The van der Waals surface area contributed by atoms with E-state index in [-0.39, 0.29) is 0 Å². The molecule has 0 aliphatic carbocycles. The smallest absolute Gasteiger partial charge is 0.229 e. The molecule has 7 heteroatoms. The molecule has 1 fully saturated rings. The maximum Gasteiger partial charge on any atom is 0.229 e. The molecule has 0 radical (unpaired) electrons. The number of fused-ring (bicyclic) bond motifs is 1. The minimum Gasteiger partial charge on any atom is -0.462 e. The molecule has 1 saturated heterocycles. The van der Waals surface area contributed by atoms with Crippen LogP contribution < -0.4 is 4.74 Å². The van der Waals surface area contributed by atoms with E-state index in [9.17, 15) is 20.4 Å². The fourth-order valence-corrected chi connectivity index (χ4v) is 2.95. The largest absolute Gasteiger partial charge is 0.462 e. The minimum atomic E-state index is -1.46. The molecule has 0 spiro atoms. The summed E-state index contributed by atoms with van der Waals surface area (Å²) in [5.74, 6) is 0.448. The molecule has 124 valence electrons. The second-order valence-electron chi connectivity index (χ2n) is 5.47. The molecular formula is C16H17BrO6. The number of aliphatic hydroxyl groups excluding tert-OH is 4. The van der Waals surface area contributed by atoms with Crippen LogP contribution in [0.15, 0.2) is 40.9 Å². The van der Waals surface area contributed by atoms with Crippen LogP contribution >= 0.6 is 15.9 Å². The molecule has 5 atom stereocenters. The van der Waals surface area contributed by atoms with Gasteiger partial charge in [-0.25, -0.2) is 0 Å². The molecule has 0 amide bonds. The Morgan fingerprint density at radius 1 is 0.957 bits per heavy atom. The molecular weight excluding hydrogens is 368 g/mol. The maximum atomic E-state index is 9.98. The van der Waals surface area contributed by atoms with Crippen molar-refractivity contribution in [2.75, 3.05) is 6.61 Å². The lowest BCUT2D eigenvalue weighted by Gasteiger charge is -2.39. The van der Waals surface area contributed by atoms with Crippen LogP contribution in [0.3, 0.4) is 0 Å². The number of hydrogen-bond donors (Lipinski definition) is 4. The van der Waals surface area contributed by atoms with Crippen LogP contribution in [0.25, 0.3) is 10.8 Å². The van der Waals surface area contributed by atoms with Gasteiger partial charge in [-0.05, 0) is 35.0 Å². The van der Waals surface area contributed by atoms with Gasteiger partial charge in [0.1, 0.15) is 30.2 Å². The van der Waals surface area contributed by atoms with E-state index in [2.05, 4.69) is 15.9 Å². The summed E-state index contributed by atoms with van der Waals surface area (Å²) in [6.07, 6.45) is -6.45. The second kappa shape index (κ2) is 6.72. The van der Waals surface area contributed by atoms with Gasteiger partial charge in [0, 0.05) is 4.47 Å². The monoisotopic (exact) mass is 384 g/mol. The van der Waals surface area contributed by atoms with Gasteiger partial charge in [-0.1, -0.05) is 28.1 Å². The van der Waals surface area contributed by atoms with Gasteiger partial charge in [-0.2, -0.15) is 0 Å². The number of benzene rings is 2. The van der Waals surface area contributed by atoms with E-state index in [0.717, 1.165) is 15.2 Å². The summed E-state index contributed by atoms with van der Waals surface area (Å²) in [4.78, 5) is 0. The highest BCUT2D eigenvalue weighted by molar-refractivity contribution is 9.10. The van der Waals surface area contributed by atoms with Crippen LogP contribution in [0.5, 0.6) is 5.75 Å². The topological polar surface area (TPSA) is 99.4 Å². The number of halogens is 1. The Kier molecular flexibility index (Phi) is 4.86. The molecule has 0 bridgehead atoms. The molecule has 0 aromatic heterocycles. The number of ether oxygens (including phenoxy) is 2. The fraction of sp³-hybridized carbons (Fsp3) is 0.375.